The van der Waals surface area contributed by atoms with Crippen LogP contribution in [0, 0.1) is 5.92 Å². The molecule has 36 heavy (non-hydrogen) atoms. The fourth-order valence-corrected chi connectivity index (χ4v) is 4.46. The molecule has 0 unspecified atom stereocenters. The topological polar surface area (TPSA) is 104 Å². The summed E-state index contributed by atoms with van der Waals surface area (Å²) in [6, 6.07) is 16.5. The van der Waals surface area contributed by atoms with Gasteiger partial charge < -0.3 is 19.2 Å². The molecular formula is C28H35N3O5. The van der Waals surface area contributed by atoms with E-state index in [1.54, 1.807) is 24.3 Å². The minimum absolute atomic E-state index is 0.106. The average molecular weight is 494 g/mol. The Bertz CT molecular complexity index is 1240. The van der Waals surface area contributed by atoms with Gasteiger partial charge in [-0.1, -0.05) is 62.7 Å². The Balaban J connectivity index is 2.23. The van der Waals surface area contributed by atoms with Gasteiger partial charge in [-0.2, -0.15) is 5.10 Å². The number of hydrogen-bond donors (Lipinski definition) is 2. The summed E-state index contributed by atoms with van der Waals surface area (Å²) in [6.07, 6.45) is 1.39. The Morgan fingerprint density at radius 2 is 1.83 bits per heavy atom. The number of carbonyl (C=O) groups excluding carboxylic acids is 1. The molecule has 2 atom stereocenters. The predicted molar refractivity (Wildman–Crippen MR) is 142 cm³/mol. The molecule has 2 N–H and O–H groups in total. The van der Waals surface area contributed by atoms with Crippen molar-refractivity contribution in [3.05, 3.63) is 76.1 Å². The first kappa shape index (κ1) is 26.9. The number of aromatic hydroxyl groups is 1. The molecule has 0 bridgehead atoms. The fraction of sp³-hybridized carbons (Fsp3) is 0.393. The van der Waals surface area contributed by atoms with Crippen molar-refractivity contribution in [1.29, 1.82) is 0 Å². The highest BCUT2D eigenvalue weighted by molar-refractivity contribution is 5.88. The van der Waals surface area contributed by atoms with E-state index >= 15 is 0 Å². The smallest absolute Gasteiger partial charge is 0.427 e. The quantitative estimate of drug-likeness (QED) is 0.219. The van der Waals surface area contributed by atoms with E-state index in [-0.39, 0.29) is 17.2 Å². The highest BCUT2D eigenvalue weighted by Crippen LogP contribution is 2.39. The van der Waals surface area contributed by atoms with E-state index in [0.717, 1.165) is 31.5 Å². The van der Waals surface area contributed by atoms with Gasteiger partial charge in [0.15, 0.2) is 0 Å². The van der Waals surface area contributed by atoms with Crippen LogP contribution < -0.4 is 11.1 Å². The van der Waals surface area contributed by atoms with Crippen LogP contribution in [-0.4, -0.2) is 48.6 Å². The molecule has 0 aliphatic heterocycles. The van der Waals surface area contributed by atoms with Crippen molar-refractivity contribution in [3.63, 3.8) is 0 Å². The molecule has 0 saturated carbocycles. The number of hydrogen-bond acceptors (Lipinski definition) is 7. The molecule has 192 valence electrons. The first-order valence-corrected chi connectivity index (χ1v) is 12.3. The number of benzene rings is 2. The van der Waals surface area contributed by atoms with Gasteiger partial charge in [0.2, 0.25) is 0 Å². The van der Waals surface area contributed by atoms with Crippen LogP contribution in [0.1, 0.15) is 50.7 Å². The molecule has 0 fully saturated rings. The minimum Gasteiger partial charge on any atom is -0.507 e. The standard InChI is InChI=1S/C28H35N3O5/c1-5-7-17-31(6-2)18-22(19(3)29-30-28(34)35-4)24(20-13-9-8-10-14-20)25-26(32)21-15-11-12-16-23(21)36-27(25)33/h8-16,22,24,32H,5-7,17-18H2,1-4H3,(H,30,34)/b29-19-/t22-,24-/m0/s1. The number of nitrogens with one attached hydrogen (secondary N) is 1. The van der Waals surface area contributed by atoms with Crippen molar-refractivity contribution >= 4 is 22.8 Å². The molecule has 1 amide bonds. The third-order valence-electron chi connectivity index (χ3n) is 6.47. The summed E-state index contributed by atoms with van der Waals surface area (Å²) in [4.78, 5) is 27.4. The molecule has 8 heteroatoms. The summed E-state index contributed by atoms with van der Waals surface area (Å²) in [5, 5.41) is 16.2. The lowest BCUT2D eigenvalue weighted by atomic mass is 9.78. The lowest BCUT2D eigenvalue weighted by Crippen LogP contribution is -2.38. The monoisotopic (exact) mass is 493 g/mol. The molecule has 1 aromatic heterocycles. The number of nitrogens with zero attached hydrogens (tertiary/aromatic N) is 2. The van der Waals surface area contributed by atoms with E-state index in [0.29, 0.717) is 23.2 Å². The van der Waals surface area contributed by atoms with Crippen LogP contribution in [0.3, 0.4) is 0 Å². The van der Waals surface area contributed by atoms with E-state index in [1.807, 2.05) is 37.3 Å². The molecule has 3 rings (SSSR count). The third-order valence-corrected chi connectivity index (χ3v) is 6.47. The second kappa shape index (κ2) is 12.9. The molecule has 0 aliphatic rings. The highest BCUT2D eigenvalue weighted by atomic mass is 16.5. The van der Waals surface area contributed by atoms with Gasteiger partial charge in [-0.05, 0) is 44.1 Å². The van der Waals surface area contributed by atoms with Crippen molar-refractivity contribution in [1.82, 2.24) is 10.3 Å². The number of unbranched alkanes of at least 4 members (excludes halogenated alkanes) is 1. The summed E-state index contributed by atoms with van der Waals surface area (Å²) < 4.78 is 10.3. The van der Waals surface area contributed by atoms with E-state index in [1.165, 1.54) is 7.11 Å². The number of fused-ring (bicyclic) bond motifs is 1. The molecule has 0 aliphatic carbocycles. The summed E-state index contributed by atoms with van der Waals surface area (Å²) in [5.74, 6) is -1.05. The Morgan fingerprint density at radius 3 is 2.50 bits per heavy atom. The molecule has 0 saturated heterocycles. The van der Waals surface area contributed by atoms with Crippen LogP contribution in [-0.2, 0) is 4.74 Å². The van der Waals surface area contributed by atoms with Gasteiger partial charge in [-0.3, -0.25) is 0 Å². The van der Waals surface area contributed by atoms with Crippen molar-refractivity contribution in [2.75, 3.05) is 26.7 Å². The molecule has 3 aromatic rings. The Morgan fingerprint density at radius 1 is 1.14 bits per heavy atom. The molecule has 0 radical (unpaired) electrons. The van der Waals surface area contributed by atoms with Gasteiger partial charge in [0, 0.05) is 24.1 Å². The number of amides is 1. The van der Waals surface area contributed by atoms with E-state index in [4.69, 9.17) is 4.42 Å². The summed E-state index contributed by atoms with van der Waals surface area (Å²) in [7, 11) is 1.27. The van der Waals surface area contributed by atoms with Gasteiger partial charge in [0.25, 0.3) is 0 Å². The Labute approximate surface area is 211 Å². The van der Waals surface area contributed by atoms with Crippen molar-refractivity contribution < 1.29 is 19.1 Å². The Kier molecular flexibility index (Phi) is 9.64. The maximum absolute atomic E-state index is 13.4. The van der Waals surface area contributed by atoms with Crippen LogP contribution in [0.15, 0.2) is 68.9 Å². The van der Waals surface area contributed by atoms with Gasteiger partial charge in [-0.15, -0.1) is 0 Å². The summed E-state index contributed by atoms with van der Waals surface area (Å²) in [6.45, 7) is 8.27. The zero-order chi connectivity index (χ0) is 26.1. The Hall–Kier alpha value is -3.65. The van der Waals surface area contributed by atoms with Gasteiger partial charge in [-0.25, -0.2) is 15.0 Å². The van der Waals surface area contributed by atoms with E-state index < -0.39 is 17.6 Å². The lowest BCUT2D eigenvalue weighted by Gasteiger charge is -2.32. The number of methoxy groups -OCH3 is 1. The van der Waals surface area contributed by atoms with Crippen molar-refractivity contribution in [2.24, 2.45) is 11.0 Å². The first-order chi connectivity index (χ1) is 17.4. The minimum atomic E-state index is -0.684. The van der Waals surface area contributed by atoms with Crippen LogP contribution in [0.4, 0.5) is 4.79 Å². The van der Waals surface area contributed by atoms with Crippen molar-refractivity contribution in [3.8, 4) is 5.75 Å². The summed E-state index contributed by atoms with van der Waals surface area (Å²) in [5.41, 5.74) is 3.73. The first-order valence-electron chi connectivity index (χ1n) is 12.3. The van der Waals surface area contributed by atoms with Gasteiger partial charge in [0.05, 0.1) is 18.1 Å². The maximum Gasteiger partial charge on any atom is 0.427 e. The highest BCUT2D eigenvalue weighted by Gasteiger charge is 2.34. The third kappa shape index (κ3) is 6.31. The van der Waals surface area contributed by atoms with E-state index in [9.17, 15) is 14.7 Å². The number of ether oxygens (including phenoxy) is 1. The number of hydrazone groups is 1. The second-order valence-corrected chi connectivity index (χ2v) is 8.75. The molecule has 0 spiro atoms. The zero-order valence-corrected chi connectivity index (χ0v) is 21.4. The normalized spacial score (nSPS) is 13.5. The predicted octanol–water partition coefficient (Wildman–Crippen LogP) is 5.10. The second-order valence-electron chi connectivity index (χ2n) is 8.75. The summed E-state index contributed by atoms with van der Waals surface area (Å²) >= 11 is 0. The van der Waals surface area contributed by atoms with Crippen molar-refractivity contribution in [2.45, 2.75) is 39.5 Å². The average Bonchev–Trinajstić information content (AvgIpc) is 2.90. The van der Waals surface area contributed by atoms with Gasteiger partial charge in [0.1, 0.15) is 11.3 Å². The number of rotatable bonds is 11. The molecule has 2 aromatic carbocycles. The lowest BCUT2D eigenvalue weighted by molar-refractivity contribution is 0.171. The van der Waals surface area contributed by atoms with Gasteiger partial charge >= 0.3 is 11.7 Å². The van der Waals surface area contributed by atoms with Crippen LogP contribution in [0.5, 0.6) is 5.75 Å². The number of carbonyl (C=O) groups is 1. The number of para-hydroxylation sites is 1. The van der Waals surface area contributed by atoms with E-state index in [2.05, 4.69) is 34.0 Å². The SMILES string of the molecule is CCCCN(CC)C[C@@H](/C(C)=N\NC(=O)OC)[C@H](c1ccccc1)c1c(O)c2ccccc2oc1=O. The largest absolute Gasteiger partial charge is 0.507 e. The van der Waals surface area contributed by atoms with Crippen LogP contribution >= 0.6 is 0 Å². The molecule has 8 nitrogen and oxygen atoms in total. The zero-order valence-electron chi connectivity index (χ0n) is 21.4. The molecule has 1 heterocycles. The maximum atomic E-state index is 13.4. The molecular weight excluding hydrogens is 458 g/mol. The fourth-order valence-electron chi connectivity index (χ4n) is 4.46. The van der Waals surface area contributed by atoms with Crippen LogP contribution in [0.2, 0.25) is 0 Å². The van der Waals surface area contributed by atoms with Crippen LogP contribution in [0.25, 0.3) is 11.0 Å².